The summed E-state index contributed by atoms with van der Waals surface area (Å²) in [7, 11) is 1.32. The van der Waals surface area contributed by atoms with Gasteiger partial charge in [-0.05, 0) is 17.5 Å². The molecule has 1 atom stereocenters. The summed E-state index contributed by atoms with van der Waals surface area (Å²) in [6.07, 6.45) is 0.461. The second kappa shape index (κ2) is 8.73. The third-order valence-corrected chi connectivity index (χ3v) is 3.52. The van der Waals surface area contributed by atoms with Crippen LogP contribution in [-0.4, -0.2) is 19.0 Å². The summed E-state index contributed by atoms with van der Waals surface area (Å²) in [6, 6.07) is 19.0. The predicted molar refractivity (Wildman–Crippen MR) is 86.5 cm³/mol. The number of methoxy groups -OCH3 is 1. The predicted octanol–water partition coefficient (Wildman–Crippen LogP) is 3.15. The van der Waals surface area contributed by atoms with Crippen molar-refractivity contribution in [2.45, 2.75) is 19.4 Å². The fraction of sp³-hybridized carbons (Fsp3) is 0.263. The molecule has 0 spiro atoms. The Labute approximate surface area is 136 Å². The van der Waals surface area contributed by atoms with Crippen LogP contribution in [0.25, 0.3) is 0 Å². The molecule has 0 aliphatic carbocycles. The first-order chi connectivity index (χ1) is 11.2. The van der Waals surface area contributed by atoms with E-state index in [0.717, 1.165) is 11.1 Å². The van der Waals surface area contributed by atoms with E-state index in [1.54, 1.807) is 0 Å². The van der Waals surface area contributed by atoms with Gasteiger partial charge in [-0.1, -0.05) is 60.7 Å². The Hall–Kier alpha value is -2.62. The normalized spacial score (nSPS) is 11.5. The highest BCUT2D eigenvalue weighted by atomic mass is 16.5. The monoisotopic (exact) mass is 312 g/mol. The number of carbonyl (C=O) groups is 2. The molecule has 0 saturated heterocycles. The van der Waals surface area contributed by atoms with Crippen LogP contribution < -0.4 is 0 Å². The van der Waals surface area contributed by atoms with Crippen molar-refractivity contribution in [3.63, 3.8) is 0 Å². The summed E-state index contributed by atoms with van der Waals surface area (Å²) in [4.78, 5) is 23.9. The molecule has 0 amide bonds. The van der Waals surface area contributed by atoms with Crippen LogP contribution in [0, 0.1) is 5.92 Å². The van der Waals surface area contributed by atoms with Crippen molar-refractivity contribution >= 4 is 11.9 Å². The van der Waals surface area contributed by atoms with Crippen LogP contribution in [0.15, 0.2) is 60.7 Å². The Morgan fingerprint density at radius 1 is 0.913 bits per heavy atom. The molecule has 0 saturated carbocycles. The second-order valence-corrected chi connectivity index (χ2v) is 5.26. The summed E-state index contributed by atoms with van der Waals surface area (Å²) in [6.45, 7) is 0.201. The molecule has 0 heterocycles. The summed E-state index contributed by atoms with van der Waals surface area (Å²) >= 11 is 0. The van der Waals surface area contributed by atoms with Crippen LogP contribution in [0.3, 0.4) is 0 Å². The van der Waals surface area contributed by atoms with E-state index in [2.05, 4.69) is 4.74 Å². The Bertz CT molecular complexity index is 622. The van der Waals surface area contributed by atoms with Gasteiger partial charge in [0.05, 0.1) is 19.4 Å². The van der Waals surface area contributed by atoms with Crippen LogP contribution >= 0.6 is 0 Å². The third-order valence-electron chi connectivity index (χ3n) is 3.52. The summed E-state index contributed by atoms with van der Waals surface area (Å²) in [5.41, 5.74) is 1.90. The molecule has 0 aromatic heterocycles. The number of hydrogen-bond acceptors (Lipinski definition) is 4. The number of ether oxygens (including phenoxy) is 2. The van der Waals surface area contributed by atoms with E-state index in [0.29, 0.717) is 6.42 Å². The van der Waals surface area contributed by atoms with Crippen LogP contribution in [0.1, 0.15) is 17.5 Å². The lowest BCUT2D eigenvalue weighted by molar-refractivity contribution is -0.155. The minimum Gasteiger partial charge on any atom is -0.469 e. The van der Waals surface area contributed by atoms with Crippen molar-refractivity contribution in [2.24, 2.45) is 5.92 Å². The number of carbonyl (C=O) groups excluding carboxylic acids is 2. The maximum absolute atomic E-state index is 12.3. The molecule has 120 valence electrons. The van der Waals surface area contributed by atoms with E-state index in [4.69, 9.17) is 4.74 Å². The molecule has 0 unspecified atom stereocenters. The van der Waals surface area contributed by atoms with Crippen LogP contribution in [0.2, 0.25) is 0 Å². The molecule has 0 bridgehead atoms. The van der Waals surface area contributed by atoms with E-state index < -0.39 is 11.9 Å². The van der Waals surface area contributed by atoms with Crippen LogP contribution in [0.5, 0.6) is 0 Å². The van der Waals surface area contributed by atoms with Crippen molar-refractivity contribution < 1.29 is 19.1 Å². The first kappa shape index (κ1) is 16.7. The topological polar surface area (TPSA) is 52.6 Å². The van der Waals surface area contributed by atoms with Gasteiger partial charge < -0.3 is 9.47 Å². The summed E-state index contributed by atoms with van der Waals surface area (Å²) in [5, 5.41) is 0. The Morgan fingerprint density at radius 3 is 2.04 bits per heavy atom. The smallest absolute Gasteiger partial charge is 0.310 e. The number of hydrogen-bond donors (Lipinski definition) is 0. The molecule has 0 fully saturated rings. The SMILES string of the molecule is COC(=O)C[C@@H](Cc1ccccc1)C(=O)OCc1ccccc1. The lowest BCUT2D eigenvalue weighted by Crippen LogP contribution is -2.23. The molecule has 23 heavy (non-hydrogen) atoms. The van der Waals surface area contributed by atoms with Crippen molar-refractivity contribution in [1.29, 1.82) is 0 Å². The van der Waals surface area contributed by atoms with Gasteiger partial charge in [0, 0.05) is 0 Å². The summed E-state index contributed by atoms with van der Waals surface area (Å²) in [5.74, 6) is -1.35. The molecule has 2 aromatic rings. The molecular formula is C19H20O4. The maximum Gasteiger partial charge on any atom is 0.310 e. The fourth-order valence-electron chi connectivity index (χ4n) is 2.27. The molecule has 2 aromatic carbocycles. The largest absolute Gasteiger partial charge is 0.469 e. The Morgan fingerprint density at radius 2 is 1.48 bits per heavy atom. The zero-order chi connectivity index (χ0) is 16.5. The Balaban J connectivity index is 2.00. The van der Waals surface area contributed by atoms with Crippen molar-refractivity contribution in [1.82, 2.24) is 0 Å². The molecule has 0 radical (unpaired) electrons. The third kappa shape index (κ3) is 5.58. The summed E-state index contributed by atoms with van der Waals surface area (Å²) < 4.78 is 10.0. The molecule has 4 nitrogen and oxygen atoms in total. The minimum atomic E-state index is -0.548. The van der Waals surface area contributed by atoms with Gasteiger partial charge in [-0.15, -0.1) is 0 Å². The fourth-order valence-corrected chi connectivity index (χ4v) is 2.27. The first-order valence-corrected chi connectivity index (χ1v) is 7.50. The van der Waals surface area contributed by atoms with E-state index in [1.807, 2.05) is 60.7 Å². The lowest BCUT2D eigenvalue weighted by Gasteiger charge is -2.15. The first-order valence-electron chi connectivity index (χ1n) is 7.50. The van der Waals surface area contributed by atoms with Gasteiger partial charge in [-0.2, -0.15) is 0 Å². The maximum atomic E-state index is 12.3. The lowest BCUT2D eigenvalue weighted by atomic mass is 9.96. The number of benzene rings is 2. The molecule has 0 N–H and O–H groups in total. The average molecular weight is 312 g/mol. The second-order valence-electron chi connectivity index (χ2n) is 5.26. The zero-order valence-electron chi connectivity index (χ0n) is 13.1. The van der Waals surface area contributed by atoms with E-state index in [9.17, 15) is 9.59 Å². The highest BCUT2D eigenvalue weighted by Crippen LogP contribution is 2.16. The molecule has 2 rings (SSSR count). The molecule has 0 aliphatic heterocycles. The quantitative estimate of drug-likeness (QED) is 0.737. The van der Waals surface area contributed by atoms with Gasteiger partial charge in [-0.25, -0.2) is 0 Å². The van der Waals surface area contributed by atoms with Gasteiger partial charge in [0.2, 0.25) is 0 Å². The average Bonchev–Trinajstić information content (AvgIpc) is 2.60. The highest BCUT2D eigenvalue weighted by molar-refractivity contribution is 5.80. The highest BCUT2D eigenvalue weighted by Gasteiger charge is 2.24. The van der Waals surface area contributed by atoms with Crippen LogP contribution in [-0.2, 0) is 32.1 Å². The molecule has 0 aliphatic rings. The van der Waals surface area contributed by atoms with Gasteiger partial charge in [-0.3, -0.25) is 9.59 Å². The van der Waals surface area contributed by atoms with Crippen LogP contribution in [0.4, 0.5) is 0 Å². The van der Waals surface area contributed by atoms with Gasteiger partial charge in [0.15, 0.2) is 0 Å². The standard InChI is InChI=1S/C19H20O4/c1-22-18(20)13-17(12-15-8-4-2-5-9-15)19(21)23-14-16-10-6-3-7-11-16/h2-11,17H,12-14H2,1H3/t17-/m1/s1. The van der Waals surface area contributed by atoms with Crippen molar-refractivity contribution in [3.05, 3.63) is 71.8 Å². The molecule has 4 heteroatoms. The zero-order valence-corrected chi connectivity index (χ0v) is 13.1. The minimum absolute atomic E-state index is 0.0129. The Kier molecular flexibility index (Phi) is 6.36. The van der Waals surface area contributed by atoms with E-state index >= 15 is 0 Å². The van der Waals surface area contributed by atoms with Crippen molar-refractivity contribution in [2.75, 3.05) is 7.11 Å². The van der Waals surface area contributed by atoms with E-state index in [-0.39, 0.29) is 19.0 Å². The van der Waals surface area contributed by atoms with E-state index in [1.165, 1.54) is 7.11 Å². The van der Waals surface area contributed by atoms with Crippen molar-refractivity contribution in [3.8, 4) is 0 Å². The van der Waals surface area contributed by atoms with Gasteiger partial charge in [0.25, 0.3) is 0 Å². The van der Waals surface area contributed by atoms with Gasteiger partial charge >= 0.3 is 11.9 Å². The molecular weight excluding hydrogens is 292 g/mol. The van der Waals surface area contributed by atoms with Gasteiger partial charge in [0.1, 0.15) is 6.61 Å². The number of rotatable bonds is 7. The number of esters is 2.